The molecule has 0 aromatic rings. The van der Waals surface area contributed by atoms with E-state index in [-0.39, 0.29) is 6.42 Å². The molecule has 10 atom stereocenters. The number of hydrogen-bond acceptors (Lipinski definition) is 11. The lowest BCUT2D eigenvalue weighted by Crippen LogP contribution is -2.67. The van der Waals surface area contributed by atoms with E-state index < -0.39 is 80.5 Å². The molecule has 0 saturated carbocycles. The van der Waals surface area contributed by atoms with E-state index >= 15 is 0 Å². The average Bonchev–Trinajstić information content (AvgIpc) is 2.67. The van der Waals surface area contributed by atoms with E-state index in [1.165, 1.54) is 0 Å². The molecule has 0 aliphatic carbocycles. The lowest BCUT2D eigenvalue weighted by Gasteiger charge is -2.46. The molecule has 2 unspecified atom stereocenters. The van der Waals surface area contributed by atoms with Crippen LogP contribution in [0.5, 0.6) is 0 Å². The van der Waals surface area contributed by atoms with E-state index in [1.54, 1.807) is 6.92 Å². The van der Waals surface area contributed by atoms with Crippen molar-refractivity contribution in [3.8, 4) is 0 Å². The molecule has 2 fully saturated rings. The molecule has 0 radical (unpaired) electrons. The maximum Gasteiger partial charge on any atom is 0.220 e. The molecule has 164 valence electrons. The van der Waals surface area contributed by atoms with Gasteiger partial charge in [0.05, 0.1) is 13.2 Å². The number of hydrogen-bond donors (Lipinski definition) is 8. The Morgan fingerprint density at radius 2 is 1.57 bits per heavy atom. The van der Waals surface area contributed by atoms with Gasteiger partial charge in [-0.25, -0.2) is 0 Å². The van der Waals surface area contributed by atoms with Crippen LogP contribution in [0.2, 0.25) is 0 Å². The molecule has 2 rings (SSSR count). The summed E-state index contributed by atoms with van der Waals surface area (Å²) in [6.07, 6.45) is -13.0. The molecule has 2 heterocycles. The lowest BCUT2D eigenvalue weighted by atomic mass is 9.95. The molecule has 0 bridgehead atoms. The third-order valence-corrected chi connectivity index (χ3v) is 4.82. The lowest BCUT2D eigenvalue weighted by molar-refractivity contribution is -0.345. The Hall–Kier alpha value is -0.930. The second kappa shape index (κ2) is 10.2. The zero-order chi connectivity index (χ0) is 21.0. The molecule has 0 aromatic heterocycles. The molecule has 28 heavy (non-hydrogen) atoms. The molecular formula is C16H29NO11. The standard InChI is InChI=1S/C16H29NO11/c1-2-3-8(20)17-9-11(22)14(7(5-19)26-15(9)25)28-16-13(24)12(23)10(21)6(4-18)27-16/h6-7,9-16,18-19,21-25H,2-5H2,1H3,(H,17,20)/t6-,7-,9-,10-,11-,12+,13-,14-,15?,16?/m1/s1. The van der Waals surface area contributed by atoms with Crippen molar-refractivity contribution in [2.24, 2.45) is 0 Å². The number of rotatable bonds is 7. The van der Waals surface area contributed by atoms with Gasteiger partial charge in [-0.15, -0.1) is 0 Å². The van der Waals surface area contributed by atoms with Gasteiger partial charge < -0.3 is 55.3 Å². The van der Waals surface area contributed by atoms with Gasteiger partial charge in [-0.05, 0) is 6.42 Å². The Balaban J connectivity index is 2.15. The molecule has 12 nitrogen and oxygen atoms in total. The number of ether oxygens (including phenoxy) is 3. The maximum absolute atomic E-state index is 11.8. The molecule has 2 aliphatic heterocycles. The number of aliphatic hydroxyl groups excluding tert-OH is 7. The first-order chi connectivity index (χ1) is 13.2. The highest BCUT2D eigenvalue weighted by Gasteiger charge is 2.50. The van der Waals surface area contributed by atoms with Gasteiger partial charge in [-0.1, -0.05) is 6.92 Å². The smallest absolute Gasteiger partial charge is 0.220 e. The summed E-state index contributed by atoms with van der Waals surface area (Å²) in [7, 11) is 0. The number of amides is 1. The van der Waals surface area contributed by atoms with Crippen LogP contribution in [0.1, 0.15) is 19.8 Å². The van der Waals surface area contributed by atoms with Gasteiger partial charge in [-0.2, -0.15) is 0 Å². The van der Waals surface area contributed by atoms with E-state index in [9.17, 15) is 40.5 Å². The van der Waals surface area contributed by atoms with E-state index in [0.717, 1.165) is 0 Å². The van der Waals surface area contributed by atoms with Crippen molar-refractivity contribution >= 4 is 5.91 Å². The first kappa shape index (κ1) is 23.3. The van der Waals surface area contributed by atoms with Gasteiger partial charge in [0.1, 0.15) is 48.8 Å². The maximum atomic E-state index is 11.8. The zero-order valence-electron chi connectivity index (χ0n) is 15.4. The van der Waals surface area contributed by atoms with Crippen molar-refractivity contribution in [1.82, 2.24) is 5.32 Å². The topological polar surface area (TPSA) is 198 Å². The van der Waals surface area contributed by atoms with Crippen LogP contribution in [0, 0.1) is 0 Å². The van der Waals surface area contributed by atoms with Gasteiger partial charge >= 0.3 is 0 Å². The summed E-state index contributed by atoms with van der Waals surface area (Å²) >= 11 is 0. The van der Waals surface area contributed by atoms with Gasteiger partial charge in [-0.3, -0.25) is 4.79 Å². The molecule has 8 N–H and O–H groups in total. The Bertz CT molecular complexity index is 507. The molecule has 12 heteroatoms. The predicted octanol–water partition coefficient (Wildman–Crippen LogP) is -4.47. The van der Waals surface area contributed by atoms with Gasteiger partial charge in [0.2, 0.25) is 5.91 Å². The fourth-order valence-electron chi connectivity index (χ4n) is 3.23. The second-order valence-corrected chi connectivity index (χ2v) is 6.88. The average molecular weight is 411 g/mol. The van der Waals surface area contributed by atoms with E-state index in [4.69, 9.17) is 14.2 Å². The van der Waals surface area contributed by atoms with E-state index in [1.807, 2.05) is 0 Å². The summed E-state index contributed by atoms with van der Waals surface area (Å²) in [5, 5.41) is 71.5. The number of carbonyl (C=O) groups excluding carboxylic acids is 1. The highest BCUT2D eigenvalue weighted by atomic mass is 16.7. The molecule has 2 saturated heterocycles. The SMILES string of the molecule is CCCC(=O)N[C@H]1C(O)O[C@H](CO)[C@@H](OC2O[C@H](CO)[C@@H](O)[C@H](O)[C@H]2O)[C@@H]1O. The van der Waals surface area contributed by atoms with Crippen LogP contribution in [0.15, 0.2) is 0 Å². The predicted molar refractivity (Wildman–Crippen MR) is 89.5 cm³/mol. The Kier molecular flexibility index (Phi) is 8.51. The van der Waals surface area contributed by atoms with Crippen LogP contribution < -0.4 is 5.32 Å². The minimum Gasteiger partial charge on any atom is -0.394 e. The quantitative estimate of drug-likeness (QED) is 0.201. The molecular weight excluding hydrogens is 382 g/mol. The third kappa shape index (κ3) is 4.97. The van der Waals surface area contributed by atoms with Crippen molar-refractivity contribution in [3.63, 3.8) is 0 Å². The minimum atomic E-state index is -1.73. The summed E-state index contributed by atoms with van der Waals surface area (Å²) in [6, 6.07) is -1.28. The fraction of sp³-hybridized carbons (Fsp3) is 0.938. The Morgan fingerprint density at radius 3 is 2.14 bits per heavy atom. The summed E-state index contributed by atoms with van der Waals surface area (Å²) < 4.78 is 15.9. The normalized spacial score (nSPS) is 44.3. The van der Waals surface area contributed by atoms with Gasteiger partial charge in [0.15, 0.2) is 12.6 Å². The van der Waals surface area contributed by atoms with E-state index in [2.05, 4.69) is 5.32 Å². The van der Waals surface area contributed by atoms with Crippen molar-refractivity contribution in [2.45, 2.75) is 81.1 Å². The Morgan fingerprint density at radius 1 is 0.929 bits per heavy atom. The van der Waals surface area contributed by atoms with Crippen LogP contribution in [0.4, 0.5) is 0 Å². The summed E-state index contributed by atoms with van der Waals surface area (Å²) in [5.74, 6) is -0.441. The largest absolute Gasteiger partial charge is 0.394 e. The van der Waals surface area contributed by atoms with Crippen LogP contribution in [-0.4, -0.2) is 116 Å². The van der Waals surface area contributed by atoms with Crippen LogP contribution >= 0.6 is 0 Å². The van der Waals surface area contributed by atoms with Crippen LogP contribution in [-0.2, 0) is 19.0 Å². The molecule has 0 spiro atoms. The Labute approximate surface area is 161 Å². The van der Waals surface area contributed by atoms with Crippen molar-refractivity contribution in [2.75, 3.05) is 13.2 Å². The highest BCUT2D eigenvalue weighted by molar-refractivity contribution is 5.76. The third-order valence-electron chi connectivity index (χ3n) is 4.82. The van der Waals surface area contributed by atoms with E-state index in [0.29, 0.717) is 6.42 Å². The number of aliphatic hydroxyl groups is 7. The van der Waals surface area contributed by atoms with Crippen molar-refractivity contribution < 1.29 is 54.8 Å². The number of carbonyl (C=O) groups is 1. The first-order valence-electron chi connectivity index (χ1n) is 9.12. The van der Waals surface area contributed by atoms with Crippen molar-refractivity contribution in [1.29, 1.82) is 0 Å². The van der Waals surface area contributed by atoms with Crippen LogP contribution in [0.3, 0.4) is 0 Å². The molecule has 1 amide bonds. The second-order valence-electron chi connectivity index (χ2n) is 6.88. The number of nitrogens with one attached hydrogen (secondary N) is 1. The fourth-order valence-corrected chi connectivity index (χ4v) is 3.23. The summed E-state index contributed by atoms with van der Waals surface area (Å²) in [6.45, 7) is 0.425. The molecule has 0 aromatic carbocycles. The molecule has 2 aliphatic rings. The van der Waals surface area contributed by atoms with Crippen LogP contribution in [0.25, 0.3) is 0 Å². The highest BCUT2D eigenvalue weighted by Crippen LogP contribution is 2.28. The summed E-state index contributed by atoms with van der Waals surface area (Å²) in [4.78, 5) is 11.8. The van der Waals surface area contributed by atoms with Crippen molar-refractivity contribution in [3.05, 3.63) is 0 Å². The first-order valence-corrected chi connectivity index (χ1v) is 9.12. The van der Waals surface area contributed by atoms with Gasteiger partial charge in [0, 0.05) is 6.42 Å². The van der Waals surface area contributed by atoms with Gasteiger partial charge in [0.25, 0.3) is 0 Å². The minimum absolute atomic E-state index is 0.150. The zero-order valence-corrected chi connectivity index (χ0v) is 15.4. The monoisotopic (exact) mass is 411 g/mol. The summed E-state index contributed by atoms with van der Waals surface area (Å²) in [5.41, 5.74) is 0.